The average Bonchev–Trinajstić information content (AvgIpc) is 2.25. The molecule has 0 bridgehead atoms. The fraction of sp³-hybridized carbons (Fsp3) is 0.500. The monoisotopic (exact) mass is 227 g/mol. The molecule has 15 heavy (non-hydrogen) atoms. The van der Waals surface area contributed by atoms with Gasteiger partial charge in [0, 0.05) is 6.04 Å². The van der Waals surface area contributed by atoms with Crippen LogP contribution >= 0.6 is 11.6 Å². The second-order valence-electron chi connectivity index (χ2n) is 3.60. The molecule has 1 atom stereocenters. The van der Waals surface area contributed by atoms with Crippen molar-refractivity contribution in [2.24, 2.45) is 0 Å². The van der Waals surface area contributed by atoms with E-state index < -0.39 is 0 Å². The van der Waals surface area contributed by atoms with Gasteiger partial charge in [-0.1, -0.05) is 30.7 Å². The van der Waals surface area contributed by atoms with E-state index in [1.54, 1.807) is 0 Å². The second kappa shape index (κ2) is 6.70. The minimum Gasteiger partial charge on any atom is -0.490 e. The van der Waals surface area contributed by atoms with E-state index in [1.807, 2.05) is 24.3 Å². The largest absolute Gasteiger partial charge is 0.490 e. The van der Waals surface area contributed by atoms with Crippen molar-refractivity contribution in [3.63, 3.8) is 0 Å². The van der Waals surface area contributed by atoms with E-state index in [-0.39, 0.29) is 0 Å². The van der Waals surface area contributed by atoms with Gasteiger partial charge in [-0.3, -0.25) is 0 Å². The van der Waals surface area contributed by atoms with Crippen LogP contribution < -0.4 is 10.1 Å². The van der Waals surface area contributed by atoms with Crippen LogP contribution in [0.4, 0.5) is 0 Å². The molecule has 1 unspecified atom stereocenters. The molecule has 1 rings (SSSR count). The van der Waals surface area contributed by atoms with E-state index in [0.717, 1.165) is 18.7 Å². The maximum atomic E-state index is 5.97. The van der Waals surface area contributed by atoms with E-state index in [9.17, 15) is 0 Å². The molecule has 0 fully saturated rings. The Morgan fingerprint density at radius 1 is 1.40 bits per heavy atom. The molecule has 0 saturated heterocycles. The van der Waals surface area contributed by atoms with E-state index in [2.05, 4.69) is 19.2 Å². The molecule has 0 amide bonds. The zero-order chi connectivity index (χ0) is 11.1. The molecular formula is C12H18ClNO. The van der Waals surface area contributed by atoms with Crippen LogP contribution in [0.1, 0.15) is 20.3 Å². The van der Waals surface area contributed by atoms with Gasteiger partial charge in [0.15, 0.2) is 0 Å². The summed E-state index contributed by atoms with van der Waals surface area (Å²) >= 11 is 5.97. The molecule has 3 heteroatoms. The van der Waals surface area contributed by atoms with Gasteiger partial charge in [0.05, 0.1) is 5.02 Å². The Bertz CT molecular complexity index is 291. The molecule has 0 saturated carbocycles. The van der Waals surface area contributed by atoms with E-state index in [4.69, 9.17) is 16.3 Å². The van der Waals surface area contributed by atoms with Crippen LogP contribution in [0.3, 0.4) is 0 Å². The number of hydrogen-bond donors (Lipinski definition) is 1. The molecule has 2 nitrogen and oxygen atoms in total. The smallest absolute Gasteiger partial charge is 0.137 e. The lowest BCUT2D eigenvalue weighted by molar-refractivity contribution is 0.274. The number of para-hydroxylation sites is 1. The molecule has 0 aliphatic rings. The number of hydrogen-bond acceptors (Lipinski definition) is 2. The highest BCUT2D eigenvalue weighted by Crippen LogP contribution is 2.22. The summed E-state index contributed by atoms with van der Waals surface area (Å²) in [5, 5.41) is 4.02. The fourth-order valence-corrected chi connectivity index (χ4v) is 1.42. The highest BCUT2D eigenvalue weighted by Gasteiger charge is 2.03. The van der Waals surface area contributed by atoms with Crippen LogP contribution in [0.2, 0.25) is 5.02 Å². The number of nitrogens with one attached hydrogen (secondary N) is 1. The first kappa shape index (κ1) is 12.3. The van der Waals surface area contributed by atoms with Crippen molar-refractivity contribution >= 4 is 11.6 Å². The van der Waals surface area contributed by atoms with Crippen molar-refractivity contribution in [2.45, 2.75) is 26.3 Å². The summed E-state index contributed by atoms with van der Waals surface area (Å²) in [4.78, 5) is 0. The van der Waals surface area contributed by atoms with Crippen LogP contribution in [0.5, 0.6) is 5.75 Å². The Morgan fingerprint density at radius 2 is 2.13 bits per heavy atom. The first-order valence-electron chi connectivity index (χ1n) is 5.34. The van der Waals surface area contributed by atoms with Gasteiger partial charge in [-0.25, -0.2) is 0 Å². The zero-order valence-corrected chi connectivity index (χ0v) is 10.1. The van der Waals surface area contributed by atoms with Gasteiger partial charge in [-0.15, -0.1) is 0 Å². The SMILES string of the molecule is CCCNC(C)COc1ccccc1Cl. The predicted molar refractivity (Wildman–Crippen MR) is 64.7 cm³/mol. The Morgan fingerprint density at radius 3 is 2.80 bits per heavy atom. The highest BCUT2D eigenvalue weighted by molar-refractivity contribution is 6.32. The van der Waals surface area contributed by atoms with Gasteiger partial charge in [-0.05, 0) is 32.0 Å². The van der Waals surface area contributed by atoms with E-state index in [0.29, 0.717) is 17.7 Å². The Labute approximate surface area is 96.6 Å². The van der Waals surface area contributed by atoms with Gasteiger partial charge in [0.25, 0.3) is 0 Å². The average molecular weight is 228 g/mol. The lowest BCUT2D eigenvalue weighted by atomic mass is 10.3. The van der Waals surface area contributed by atoms with Gasteiger partial charge in [-0.2, -0.15) is 0 Å². The Kier molecular flexibility index (Phi) is 5.51. The Balaban J connectivity index is 2.33. The van der Waals surface area contributed by atoms with Crippen molar-refractivity contribution in [3.8, 4) is 5.75 Å². The van der Waals surface area contributed by atoms with Crippen LogP contribution in [0.25, 0.3) is 0 Å². The number of ether oxygens (including phenoxy) is 1. The molecule has 1 aromatic rings. The molecule has 0 radical (unpaired) electrons. The van der Waals surface area contributed by atoms with Crippen LogP contribution in [-0.2, 0) is 0 Å². The zero-order valence-electron chi connectivity index (χ0n) is 9.29. The van der Waals surface area contributed by atoms with Crippen molar-refractivity contribution in [1.82, 2.24) is 5.32 Å². The topological polar surface area (TPSA) is 21.3 Å². The predicted octanol–water partition coefficient (Wildman–Crippen LogP) is 3.11. The maximum Gasteiger partial charge on any atom is 0.137 e. The molecular weight excluding hydrogens is 210 g/mol. The van der Waals surface area contributed by atoms with Crippen LogP contribution in [0, 0.1) is 0 Å². The first-order chi connectivity index (χ1) is 7.24. The standard InChI is InChI=1S/C12H18ClNO/c1-3-8-14-10(2)9-15-12-7-5-4-6-11(12)13/h4-7,10,14H,3,8-9H2,1-2H3. The maximum absolute atomic E-state index is 5.97. The molecule has 0 aliphatic carbocycles. The molecule has 0 aliphatic heterocycles. The van der Waals surface area contributed by atoms with Crippen molar-refractivity contribution in [1.29, 1.82) is 0 Å². The number of halogens is 1. The summed E-state index contributed by atoms with van der Waals surface area (Å²) in [5.41, 5.74) is 0. The molecule has 0 aromatic heterocycles. The molecule has 0 heterocycles. The third-order valence-electron chi connectivity index (χ3n) is 2.07. The van der Waals surface area contributed by atoms with Crippen LogP contribution in [-0.4, -0.2) is 19.2 Å². The van der Waals surface area contributed by atoms with Crippen LogP contribution in [0.15, 0.2) is 24.3 Å². The minimum absolute atomic E-state index is 0.348. The molecule has 84 valence electrons. The quantitative estimate of drug-likeness (QED) is 0.807. The minimum atomic E-state index is 0.348. The van der Waals surface area contributed by atoms with Gasteiger partial charge >= 0.3 is 0 Å². The Hall–Kier alpha value is -0.730. The molecule has 1 N–H and O–H groups in total. The number of rotatable bonds is 6. The second-order valence-corrected chi connectivity index (χ2v) is 4.00. The van der Waals surface area contributed by atoms with Gasteiger partial charge < -0.3 is 10.1 Å². The van der Waals surface area contributed by atoms with E-state index >= 15 is 0 Å². The molecule has 0 spiro atoms. The van der Waals surface area contributed by atoms with E-state index in [1.165, 1.54) is 0 Å². The summed E-state index contributed by atoms with van der Waals surface area (Å²) < 4.78 is 5.60. The van der Waals surface area contributed by atoms with Crippen molar-refractivity contribution in [2.75, 3.05) is 13.2 Å². The third-order valence-corrected chi connectivity index (χ3v) is 2.38. The summed E-state index contributed by atoms with van der Waals surface area (Å²) in [6, 6.07) is 7.89. The third kappa shape index (κ3) is 4.54. The normalized spacial score (nSPS) is 12.5. The summed E-state index contributed by atoms with van der Waals surface area (Å²) in [7, 11) is 0. The lowest BCUT2D eigenvalue weighted by Crippen LogP contribution is -2.32. The van der Waals surface area contributed by atoms with Gasteiger partial charge in [0.2, 0.25) is 0 Å². The summed E-state index contributed by atoms with van der Waals surface area (Å²) in [5.74, 6) is 0.754. The lowest BCUT2D eigenvalue weighted by Gasteiger charge is -2.14. The number of benzene rings is 1. The fourth-order valence-electron chi connectivity index (χ4n) is 1.23. The highest BCUT2D eigenvalue weighted by atomic mass is 35.5. The van der Waals surface area contributed by atoms with Crippen molar-refractivity contribution in [3.05, 3.63) is 29.3 Å². The first-order valence-corrected chi connectivity index (χ1v) is 5.72. The summed E-state index contributed by atoms with van der Waals surface area (Å²) in [6.45, 7) is 5.91. The van der Waals surface area contributed by atoms with Crippen molar-refractivity contribution < 1.29 is 4.74 Å². The molecule has 1 aromatic carbocycles. The van der Waals surface area contributed by atoms with Gasteiger partial charge in [0.1, 0.15) is 12.4 Å². The summed E-state index contributed by atoms with van der Waals surface area (Å²) in [6.07, 6.45) is 1.14.